The quantitative estimate of drug-likeness (QED) is 0.746. The van der Waals surface area contributed by atoms with Crippen molar-refractivity contribution in [1.29, 1.82) is 0 Å². The first-order valence-electron chi connectivity index (χ1n) is 4.35. The predicted octanol–water partition coefficient (Wildman–Crippen LogP) is 1.26. The fraction of sp³-hybridized carbons (Fsp3) is 0.100. The largest absolute Gasteiger partial charge is 0.465 e. The summed E-state index contributed by atoms with van der Waals surface area (Å²) in [5.74, 6) is 0.278. The number of H-pyrrole nitrogens is 1. The SMILES string of the molecule is COC(=O)c1ccc(-c2ncc[nH]2)nc1. The number of carbonyl (C=O) groups is 1. The van der Waals surface area contributed by atoms with E-state index < -0.39 is 5.97 Å². The van der Waals surface area contributed by atoms with Crippen molar-refractivity contribution in [1.82, 2.24) is 15.0 Å². The number of methoxy groups -OCH3 is 1. The molecular formula is C10H9N3O2. The monoisotopic (exact) mass is 203 g/mol. The van der Waals surface area contributed by atoms with Gasteiger partial charge in [0.2, 0.25) is 0 Å². The molecule has 2 heterocycles. The number of rotatable bonds is 2. The zero-order valence-electron chi connectivity index (χ0n) is 8.10. The number of aromatic amines is 1. The molecule has 2 aromatic heterocycles. The first-order valence-corrected chi connectivity index (χ1v) is 4.35. The second-order valence-corrected chi connectivity index (χ2v) is 2.86. The van der Waals surface area contributed by atoms with Crippen LogP contribution < -0.4 is 0 Å². The molecule has 0 aliphatic carbocycles. The molecule has 2 aromatic rings. The maximum Gasteiger partial charge on any atom is 0.339 e. The zero-order valence-corrected chi connectivity index (χ0v) is 8.10. The highest BCUT2D eigenvalue weighted by atomic mass is 16.5. The van der Waals surface area contributed by atoms with E-state index in [9.17, 15) is 4.79 Å². The van der Waals surface area contributed by atoms with Crippen LogP contribution in [0.15, 0.2) is 30.7 Å². The van der Waals surface area contributed by atoms with E-state index in [0.717, 1.165) is 0 Å². The molecular weight excluding hydrogens is 194 g/mol. The number of carbonyl (C=O) groups excluding carboxylic acids is 1. The van der Waals surface area contributed by atoms with Crippen LogP contribution in [0.1, 0.15) is 10.4 Å². The average Bonchev–Trinajstić information content (AvgIpc) is 2.82. The standard InChI is InChI=1S/C10H9N3O2/c1-15-10(14)7-2-3-8(13-6-7)9-11-4-5-12-9/h2-6H,1H3,(H,11,12). The van der Waals surface area contributed by atoms with Gasteiger partial charge in [0, 0.05) is 18.6 Å². The fourth-order valence-corrected chi connectivity index (χ4v) is 1.18. The van der Waals surface area contributed by atoms with E-state index in [4.69, 9.17) is 0 Å². The lowest BCUT2D eigenvalue weighted by atomic mass is 10.2. The summed E-state index contributed by atoms with van der Waals surface area (Å²) in [6, 6.07) is 3.36. The van der Waals surface area contributed by atoms with Crippen molar-refractivity contribution in [2.45, 2.75) is 0 Å². The molecule has 0 aliphatic heterocycles. The summed E-state index contributed by atoms with van der Waals surface area (Å²) in [6.45, 7) is 0. The van der Waals surface area contributed by atoms with E-state index in [0.29, 0.717) is 17.1 Å². The van der Waals surface area contributed by atoms with Crippen LogP contribution in [-0.2, 0) is 4.74 Å². The summed E-state index contributed by atoms with van der Waals surface area (Å²) < 4.78 is 4.56. The Kier molecular flexibility index (Phi) is 2.45. The highest BCUT2D eigenvalue weighted by Crippen LogP contribution is 2.11. The Labute approximate surface area is 86.1 Å². The molecule has 0 saturated carbocycles. The molecule has 0 saturated heterocycles. The first-order chi connectivity index (χ1) is 7.31. The Hall–Kier alpha value is -2.17. The Bertz CT molecular complexity index is 448. The van der Waals surface area contributed by atoms with E-state index >= 15 is 0 Å². The predicted molar refractivity (Wildman–Crippen MR) is 53.2 cm³/mol. The third kappa shape index (κ3) is 1.85. The van der Waals surface area contributed by atoms with E-state index in [2.05, 4.69) is 19.7 Å². The number of pyridine rings is 1. The topological polar surface area (TPSA) is 67.9 Å². The van der Waals surface area contributed by atoms with Gasteiger partial charge < -0.3 is 9.72 Å². The van der Waals surface area contributed by atoms with Gasteiger partial charge >= 0.3 is 5.97 Å². The lowest BCUT2D eigenvalue weighted by Crippen LogP contribution is -2.01. The van der Waals surface area contributed by atoms with Gasteiger partial charge in [-0.15, -0.1) is 0 Å². The van der Waals surface area contributed by atoms with Crippen LogP contribution in [0.2, 0.25) is 0 Å². The summed E-state index contributed by atoms with van der Waals surface area (Å²) in [5, 5.41) is 0. The molecule has 1 N–H and O–H groups in total. The molecule has 15 heavy (non-hydrogen) atoms. The molecule has 5 heteroatoms. The van der Waals surface area contributed by atoms with Crippen molar-refractivity contribution in [3.8, 4) is 11.5 Å². The van der Waals surface area contributed by atoms with Crippen LogP contribution in [0.5, 0.6) is 0 Å². The van der Waals surface area contributed by atoms with Gasteiger partial charge in [-0.05, 0) is 12.1 Å². The third-order valence-corrected chi connectivity index (χ3v) is 1.93. The molecule has 5 nitrogen and oxygen atoms in total. The van der Waals surface area contributed by atoms with Gasteiger partial charge in [-0.2, -0.15) is 0 Å². The second kappa shape index (κ2) is 3.91. The minimum atomic E-state index is -0.395. The molecule has 0 spiro atoms. The van der Waals surface area contributed by atoms with E-state index in [-0.39, 0.29) is 0 Å². The van der Waals surface area contributed by atoms with Gasteiger partial charge in [0.05, 0.1) is 12.7 Å². The number of hydrogen-bond acceptors (Lipinski definition) is 4. The maximum absolute atomic E-state index is 11.1. The fourth-order valence-electron chi connectivity index (χ4n) is 1.18. The van der Waals surface area contributed by atoms with Crippen molar-refractivity contribution in [3.05, 3.63) is 36.3 Å². The molecule has 0 bridgehead atoms. The minimum absolute atomic E-state index is 0.395. The van der Waals surface area contributed by atoms with Crippen LogP contribution >= 0.6 is 0 Å². The highest BCUT2D eigenvalue weighted by molar-refractivity contribution is 5.89. The summed E-state index contributed by atoms with van der Waals surface area (Å²) in [7, 11) is 1.34. The van der Waals surface area contributed by atoms with Crippen molar-refractivity contribution in [3.63, 3.8) is 0 Å². The van der Waals surface area contributed by atoms with Crippen LogP contribution in [0.3, 0.4) is 0 Å². The molecule has 0 fully saturated rings. The Morgan fingerprint density at radius 2 is 2.27 bits per heavy atom. The summed E-state index contributed by atoms with van der Waals surface area (Å²) in [4.78, 5) is 22.2. The molecule has 0 aliphatic rings. The third-order valence-electron chi connectivity index (χ3n) is 1.93. The second-order valence-electron chi connectivity index (χ2n) is 2.86. The Morgan fingerprint density at radius 1 is 1.40 bits per heavy atom. The number of hydrogen-bond donors (Lipinski definition) is 1. The number of esters is 1. The van der Waals surface area contributed by atoms with E-state index in [1.807, 2.05) is 0 Å². The maximum atomic E-state index is 11.1. The summed E-state index contributed by atoms with van der Waals surface area (Å²) in [6.07, 6.45) is 4.82. The lowest BCUT2D eigenvalue weighted by molar-refractivity contribution is 0.0600. The Morgan fingerprint density at radius 3 is 2.80 bits per heavy atom. The zero-order chi connectivity index (χ0) is 10.7. The Balaban J connectivity index is 2.29. The van der Waals surface area contributed by atoms with Crippen molar-refractivity contribution in [2.75, 3.05) is 7.11 Å². The van der Waals surface area contributed by atoms with Crippen LogP contribution in [-0.4, -0.2) is 28.0 Å². The van der Waals surface area contributed by atoms with Crippen molar-refractivity contribution >= 4 is 5.97 Å². The molecule has 0 radical (unpaired) electrons. The number of ether oxygens (including phenoxy) is 1. The number of nitrogens with zero attached hydrogens (tertiary/aromatic N) is 2. The molecule has 0 atom stereocenters. The highest BCUT2D eigenvalue weighted by Gasteiger charge is 2.06. The van der Waals surface area contributed by atoms with Crippen molar-refractivity contribution < 1.29 is 9.53 Å². The van der Waals surface area contributed by atoms with Gasteiger partial charge in [-0.1, -0.05) is 0 Å². The first kappa shape index (κ1) is 9.39. The number of imidazole rings is 1. The van der Waals surface area contributed by atoms with E-state index in [1.54, 1.807) is 24.5 Å². The van der Waals surface area contributed by atoms with Crippen molar-refractivity contribution in [2.24, 2.45) is 0 Å². The van der Waals surface area contributed by atoms with Gasteiger partial charge in [0.15, 0.2) is 5.82 Å². The van der Waals surface area contributed by atoms with Gasteiger partial charge in [-0.3, -0.25) is 4.98 Å². The summed E-state index contributed by atoms with van der Waals surface area (Å²) in [5.41, 5.74) is 1.11. The summed E-state index contributed by atoms with van der Waals surface area (Å²) >= 11 is 0. The number of aromatic nitrogens is 3. The molecule has 76 valence electrons. The van der Waals surface area contributed by atoms with Crippen LogP contribution in [0.4, 0.5) is 0 Å². The minimum Gasteiger partial charge on any atom is -0.465 e. The normalized spacial score (nSPS) is 9.93. The molecule has 0 aromatic carbocycles. The van der Waals surface area contributed by atoms with Crippen LogP contribution in [0, 0.1) is 0 Å². The van der Waals surface area contributed by atoms with Gasteiger partial charge in [0.1, 0.15) is 5.69 Å². The lowest BCUT2D eigenvalue weighted by Gasteiger charge is -1.99. The molecule has 0 amide bonds. The average molecular weight is 203 g/mol. The molecule has 2 rings (SSSR count). The molecule has 0 unspecified atom stereocenters. The van der Waals surface area contributed by atoms with Gasteiger partial charge in [0.25, 0.3) is 0 Å². The van der Waals surface area contributed by atoms with Gasteiger partial charge in [-0.25, -0.2) is 9.78 Å². The van der Waals surface area contributed by atoms with Crippen LogP contribution in [0.25, 0.3) is 11.5 Å². The smallest absolute Gasteiger partial charge is 0.339 e. The number of nitrogens with one attached hydrogen (secondary N) is 1. The van der Waals surface area contributed by atoms with E-state index in [1.165, 1.54) is 13.3 Å².